The minimum absolute atomic E-state index is 0.294. The summed E-state index contributed by atoms with van der Waals surface area (Å²) in [5, 5.41) is 14.3. The maximum Gasteiger partial charge on any atom is 0.332 e. The summed E-state index contributed by atoms with van der Waals surface area (Å²) in [5.74, 6) is -0.294. The van der Waals surface area contributed by atoms with E-state index < -0.39 is 25.9 Å². The van der Waals surface area contributed by atoms with Gasteiger partial charge in [0.25, 0.3) is 0 Å². The number of nitro groups is 1. The van der Waals surface area contributed by atoms with Gasteiger partial charge in [0.05, 0.1) is 15.9 Å². The minimum Gasteiger partial charge on any atom is -0.260 e. The van der Waals surface area contributed by atoms with E-state index in [1.54, 1.807) is 30.3 Å². The lowest BCUT2D eigenvalue weighted by atomic mass is 10.3. The van der Waals surface area contributed by atoms with E-state index >= 15 is 0 Å². The third kappa shape index (κ3) is 3.19. The highest BCUT2D eigenvalue weighted by Crippen LogP contribution is 2.25. The number of nitrogens with zero attached hydrogens (tertiary/aromatic N) is 3. The van der Waals surface area contributed by atoms with E-state index in [4.69, 9.17) is 0 Å². The van der Waals surface area contributed by atoms with Crippen LogP contribution in [0.3, 0.4) is 0 Å². The van der Waals surface area contributed by atoms with Crippen molar-refractivity contribution in [1.82, 2.24) is 9.78 Å². The van der Waals surface area contributed by atoms with Crippen LogP contribution in [0.4, 0.5) is 11.5 Å². The van der Waals surface area contributed by atoms with Crippen molar-refractivity contribution in [1.29, 1.82) is 0 Å². The lowest BCUT2D eigenvalue weighted by Crippen LogP contribution is -2.23. The fraction of sp³-hybridized carbons (Fsp3) is 0.250. The molecule has 0 saturated carbocycles. The second-order valence-corrected chi connectivity index (χ2v) is 6.83. The van der Waals surface area contributed by atoms with Crippen molar-refractivity contribution in [3.8, 4) is 5.69 Å². The van der Waals surface area contributed by atoms with Crippen molar-refractivity contribution >= 4 is 21.5 Å². The molecule has 1 heterocycles. The Kier molecular flexibility index (Phi) is 3.94. The summed E-state index contributed by atoms with van der Waals surface area (Å²) in [4.78, 5) is 10.4. The predicted octanol–water partition coefficient (Wildman–Crippen LogP) is 1.93. The Labute approximate surface area is 121 Å². The zero-order valence-electron chi connectivity index (χ0n) is 11.4. The molecule has 0 saturated heterocycles. The third-order valence-electron chi connectivity index (χ3n) is 2.77. The second-order valence-electron chi connectivity index (χ2n) is 4.60. The molecule has 0 radical (unpaired) electrons. The number of benzene rings is 1. The van der Waals surface area contributed by atoms with Gasteiger partial charge in [0.15, 0.2) is 0 Å². The van der Waals surface area contributed by atoms with Gasteiger partial charge in [-0.05, 0) is 26.0 Å². The summed E-state index contributed by atoms with van der Waals surface area (Å²) in [6, 6.07) is 8.71. The molecule has 0 spiro atoms. The fourth-order valence-corrected chi connectivity index (χ4v) is 2.19. The smallest absolute Gasteiger partial charge is 0.260 e. The molecule has 1 aromatic heterocycles. The standard InChI is InChI=1S/C12H14N4O4S/c1-9(2)21(19,20)14-12-11(16(17)18)8-15(13-12)10-6-4-3-5-7-10/h3-9H,1-2H3,(H,13,14). The number of aromatic nitrogens is 2. The highest BCUT2D eigenvalue weighted by molar-refractivity contribution is 7.93. The van der Waals surface area contributed by atoms with Crippen molar-refractivity contribution < 1.29 is 13.3 Å². The van der Waals surface area contributed by atoms with E-state index in [9.17, 15) is 18.5 Å². The molecule has 0 amide bonds. The van der Waals surface area contributed by atoms with Crippen LogP contribution in [0.2, 0.25) is 0 Å². The molecule has 8 nitrogen and oxygen atoms in total. The highest BCUT2D eigenvalue weighted by Gasteiger charge is 2.26. The van der Waals surface area contributed by atoms with Crippen molar-refractivity contribution in [3.05, 3.63) is 46.6 Å². The molecule has 1 aromatic carbocycles. The van der Waals surface area contributed by atoms with Crippen LogP contribution < -0.4 is 4.72 Å². The van der Waals surface area contributed by atoms with E-state index in [0.717, 1.165) is 0 Å². The summed E-state index contributed by atoms with van der Waals surface area (Å²) in [7, 11) is -3.71. The zero-order valence-corrected chi connectivity index (χ0v) is 12.2. The summed E-state index contributed by atoms with van der Waals surface area (Å²) in [5.41, 5.74) is 0.193. The number of hydrogen-bond acceptors (Lipinski definition) is 5. The van der Waals surface area contributed by atoms with Crippen molar-refractivity contribution in [2.75, 3.05) is 4.72 Å². The third-order valence-corrected chi connectivity index (χ3v) is 4.49. The van der Waals surface area contributed by atoms with Gasteiger partial charge < -0.3 is 0 Å². The Balaban J connectivity index is 2.47. The normalized spacial score (nSPS) is 11.6. The molecule has 0 unspecified atom stereocenters. The monoisotopic (exact) mass is 310 g/mol. The van der Waals surface area contributed by atoms with E-state index in [2.05, 4.69) is 9.82 Å². The van der Waals surface area contributed by atoms with Gasteiger partial charge in [-0.2, -0.15) is 0 Å². The summed E-state index contributed by atoms with van der Waals surface area (Å²) in [6.07, 6.45) is 1.17. The first-order chi connectivity index (χ1) is 9.81. The Bertz CT molecular complexity index is 753. The number of hydrogen-bond donors (Lipinski definition) is 1. The lowest BCUT2D eigenvalue weighted by Gasteiger charge is -2.07. The molecule has 0 atom stereocenters. The number of sulfonamides is 1. The molecular weight excluding hydrogens is 296 g/mol. The summed E-state index contributed by atoms with van der Waals surface area (Å²) >= 11 is 0. The van der Waals surface area contributed by atoms with Gasteiger partial charge in [-0.15, -0.1) is 5.10 Å². The molecule has 0 fully saturated rings. The van der Waals surface area contributed by atoms with Gasteiger partial charge in [0.2, 0.25) is 15.8 Å². The first-order valence-electron chi connectivity index (χ1n) is 6.12. The second kappa shape index (κ2) is 5.52. The number of anilines is 1. The van der Waals surface area contributed by atoms with Crippen LogP contribution in [0.1, 0.15) is 13.8 Å². The Morgan fingerprint density at radius 1 is 1.29 bits per heavy atom. The van der Waals surface area contributed by atoms with Crippen LogP contribution in [-0.2, 0) is 10.0 Å². The van der Waals surface area contributed by atoms with Gasteiger partial charge in [-0.25, -0.2) is 13.1 Å². The molecule has 9 heteroatoms. The predicted molar refractivity (Wildman–Crippen MR) is 77.9 cm³/mol. The lowest BCUT2D eigenvalue weighted by molar-refractivity contribution is -0.384. The largest absolute Gasteiger partial charge is 0.332 e. The molecule has 0 aliphatic rings. The van der Waals surface area contributed by atoms with Crippen LogP contribution in [0, 0.1) is 10.1 Å². The number of rotatable bonds is 5. The van der Waals surface area contributed by atoms with Crippen molar-refractivity contribution in [2.45, 2.75) is 19.1 Å². The maximum absolute atomic E-state index is 11.8. The van der Waals surface area contributed by atoms with E-state index in [0.29, 0.717) is 5.69 Å². The molecule has 0 bridgehead atoms. The molecule has 0 aliphatic heterocycles. The molecule has 0 aliphatic carbocycles. The molecular formula is C12H14N4O4S. The maximum atomic E-state index is 11.8. The van der Waals surface area contributed by atoms with Crippen LogP contribution in [0.25, 0.3) is 5.69 Å². The first kappa shape index (κ1) is 15.0. The SMILES string of the molecule is CC(C)S(=O)(=O)Nc1nn(-c2ccccc2)cc1[N+](=O)[O-]. The molecule has 1 N–H and O–H groups in total. The Morgan fingerprint density at radius 2 is 1.90 bits per heavy atom. The molecule has 2 aromatic rings. The zero-order chi connectivity index (χ0) is 15.6. The Morgan fingerprint density at radius 3 is 2.43 bits per heavy atom. The van der Waals surface area contributed by atoms with Gasteiger partial charge in [0.1, 0.15) is 6.20 Å². The number of para-hydroxylation sites is 1. The van der Waals surface area contributed by atoms with Gasteiger partial charge >= 0.3 is 5.69 Å². The van der Waals surface area contributed by atoms with Gasteiger partial charge in [0, 0.05) is 0 Å². The molecule has 112 valence electrons. The fourth-order valence-electron chi connectivity index (χ4n) is 1.54. The molecule has 21 heavy (non-hydrogen) atoms. The van der Waals surface area contributed by atoms with Crippen molar-refractivity contribution in [3.63, 3.8) is 0 Å². The van der Waals surface area contributed by atoms with Crippen LogP contribution in [0.15, 0.2) is 36.5 Å². The van der Waals surface area contributed by atoms with Crippen LogP contribution >= 0.6 is 0 Å². The summed E-state index contributed by atoms with van der Waals surface area (Å²) in [6.45, 7) is 2.95. The Hall–Kier alpha value is -2.42. The average Bonchev–Trinajstić information content (AvgIpc) is 2.83. The van der Waals surface area contributed by atoms with Gasteiger partial charge in [-0.1, -0.05) is 18.2 Å². The quantitative estimate of drug-likeness (QED) is 0.670. The van der Waals surface area contributed by atoms with E-state index in [-0.39, 0.29) is 5.82 Å². The van der Waals surface area contributed by atoms with E-state index in [1.807, 2.05) is 0 Å². The number of nitrogens with one attached hydrogen (secondary N) is 1. The highest BCUT2D eigenvalue weighted by atomic mass is 32.2. The van der Waals surface area contributed by atoms with Gasteiger partial charge in [-0.3, -0.25) is 14.8 Å². The average molecular weight is 310 g/mol. The molecule has 2 rings (SSSR count). The first-order valence-corrected chi connectivity index (χ1v) is 7.67. The van der Waals surface area contributed by atoms with Crippen LogP contribution in [0.5, 0.6) is 0 Å². The minimum atomic E-state index is -3.71. The van der Waals surface area contributed by atoms with Crippen molar-refractivity contribution in [2.24, 2.45) is 0 Å². The van der Waals surface area contributed by atoms with Crippen LogP contribution in [-0.4, -0.2) is 28.4 Å². The summed E-state index contributed by atoms with van der Waals surface area (Å²) < 4.78 is 27.1. The topological polar surface area (TPSA) is 107 Å². The van der Waals surface area contributed by atoms with E-state index in [1.165, 1.54) is 24.7 Å².